The molecule has 2 aliphatic rings. The molecule has 5 N–H and O–H groups in total. The topological polar surface area (TPSA) is 177 Å². The van der Waals surface area contributed by atoms with E-state index >= 15 is 0 Å². The summed E-state index contributed by atoms with van der Waals surface area (Å²) >= 11 is 0. The van der Waals surface area contributed by atoms with Gasteiger partial charge in [0.15, 0.2) is 5.78 Å². The molecule has 0 aromatic heterocycles. The summed E-state index contributed by atoms with van der Waals surface area (Å²) in [6, 6.07) is 11.9. The molecule has 2 fully saturated rings. The van der Waals surface area contributed by atoms with Crippen LogP contribution in [0.4, 0.5) is 4.79 Å². The summed E-state index contributed by atoms with van der Waals surface area (Å²) in [5.41, 5.74) is 5.75. The van der Waals surface area contributed by atoms with Crippen molar-refractivity contribution in [1.29, 1.82) is 0 Å². The van der Waals surface area contributed by atoms with Crippen molar-refractivity contribution in [3.05, 3.63) is 65.7 Å². The molecule has 12 nitrogen and oxygen atoms in total. The van der Waals surface area contributed by atoms with Crippen LogP contribution in [-0.2, 0) is 25.8 Å². The fourth-order valence-electron chi connectivity index (χ4n) is 6.19. The summed E-state index contributed by atoms with van der Waals surface area (Å²) in [6.07, 6.45) is 3.63. The number of rotatable bonds is 16. The van der Waals surface area contributed by atoms with Crippen LogP contribution in [0, 0.1) is 17.3 Å². The van der Waals surface area contributed by atoms with E-state index in [9.17, 15) is 28.8 Å². The molecule has 12 heteroatoms. The third kappa shape index (κ3) is 9.92. The number of carbonyl (C=O) groups excluding carboxylic acids is 6. The van der Waals surface area contributed by atoms with E-state index in [-0.39, 0.29) is 30.8 Å². The van der Waals surface area contributed by atoms with Crippen molar-refractivity contribution in [3.63, 3.8) is 0 Å². The van der Waals surface area contributed by atoms with E-state index < -0.39 is 59.1 Å². The second-order valence-electron chi connectivity index (χ2n) is 14.6. The van der Waals surface area contributed by atoms with E-state index in [1.807, 2.05) is 44.2 Å². The molecule has 1 aliphatic carbocycles. The number of primary amides is 1. The molecule has 50 heavy (non-hydrogen) atoms. The number of hydrogen-bond acceptors (Lipinski definition) is 7. The standard InChI is InChI=1S/C38H51N5O7/c1-6-23(2)30(31(44)26-15-10-11-17-29(26)50-22-25-13-8-7-9-14-25)41-37(49)42-33(38(3,4)5)36(48)43-20-12-16-28(43)35(47)40-27(21-24-18-19-24)32(45)34(39)46/h7-11,13-15,17,23-24,27-28,30,33H,6,12,16,18-22H2,1-5H3,(H2,39,46)(H,40,47)(H2,41,42,49). The highest BCUT2D eigenvalue weighted by atomic mass is 16.5. The predicted octanol–water partition coefficient (Wildman–Crippen LogP) is 3.91. The molecule has 1 aliphatic heterocycles. The van der Waals surface area contributed by atoms with Gasteiger partial charge in [0.2, 0.25) is 17.6 Å². The lowest BCUT2D eigenvalue weighted by molar-refractivity contribution is -0.143. The quantitative estimate of drug-likeness (QED) is 0.153. The van der Waals surface area contributed by atoms with Gasteiger partial charge in [-0.1, -0.05) is 96.3 Å². The van der Waals surface area contributed by atoms with Gasteiger partial charge in [-0.3, -0.25) is 24.0 Å². The molecule has 0 spiro atoms. The van der Waals surface area contributed by atoms with E-state index in [0.29, 0.717) is 37.0 Å². The molecule has 2 aromatic rings. The Kier molecular flexibility index (Phi) is 12.8. The fraction of sp³-hybridized carbons (Fsp3) is 0.526. The molecule has 1 saturated heterocycles. The molecule has 1 saturated carbocycles. The Balaban J connectivity index is 1.48. The Morgan fingerprint density at radius 2 is 1.58 bits per heavy atom. The Hall–Kier alpha value is -4.74. The zero-order chi connectivity index (χ0) is 36.6. The number of nitrogens with zero attached hydrogens (tertiary/aromatic N) is 1. The molecule has 270 valence electrons. The summed E-state index contributed by atoms with van der Waals surface area (Å²) in [4.78, 5) is 80.8. The van der Waals surface area contributed by atoms with Gasteiger partial charge in [-0.25, -0.2) is 4.79 Å². The molecule has 0 radical (unpaired) electrons. The zero-order valence-electron chi connectivity index (χ0n) is 29.7. The number of amides is 5. The third-order valence-corrected chi connectivity index (χ3v) is 9.54. The molecule has 4 rings (SSSR count). The number of ketones is 2. The molecule has 1 heterocycles. The SMILES string of the molecule is CCC(C)C(NC(=O)NC(C(=O)N1CCCC1C(=O)NC(CC1CC1)C(=O)C(N)=O)C(C)(C)C)C(=O)c1ccccc1OCc1ccccc1. The normalized spacial score (nSPS) is 18.3. The van der Waals surface area contributed by atoms with E-state index in [4.69, 9.17) is 10.5 Å². The number of ether oxygens (including phenoxy) is 1. The first-order chi connectivity index (χ1) is 23.7. The van der Waals surface area contributed by atoms with Gasteiger partial charge in [-0.05, 0) is 54.2 Å². The van der Waals surface area contributed by atoms with E-state index in [1.165, 1.54) is 4.90 Å². The number of carbonyl (C=O) groups is 6. The first-order valence-electron chi connectivity index (χ1n) is 17.5. The number of para-hydroxylation sites is 1. The largest absolute Gasteiger partial charge is 0.488 e. The number of urea groups is 1. The highest BCUT2D eigenvalue weighted by Gasteiger charge is 2.43. The number of nitrogens with one attached hydrogen (secondary N) is 3. The fourth-order valence-corrected chi connectivity index (χ4v) is 6.19. The first kappa shape index (κ1) is 38.1. The van der Waals surface area contributed by atoms with Gasteiger partial charge >= 0.3 is 6.03 Å². The molecule has 5 amide bonds. The van der Waals surface area contributed by atoms with Crippen LogP contribution in [0.3, 0.4) is 0 Å². The molecule has 5 atom stereocenters. The van der Waals surface area contributed by atoms with Gasteiger partial charge in [-0.15, -0.1) is 0 Å². The second-order valence-corrected chi connectivity index (χ2v) is 14.6. The minimum absolute atomic E-state index is 0.235. The van der Waals surface area contributed by atoms with Crippen LogP contribution in [0.5, 0.6) is 5.75 Å². The van der Waals surface area contributed by atoms with Crippen LogP contribution in [0.1, 0.15) is 89.1 Å². The zero-order valence-corrected chi connectivity index (χ0v) is 29.7. The van der Waals surface area contributed by atoms with Gasteiger partial charge in [0.05, 0.1) is 17.6 Å². The Bertz CT molecular complexity index is 1550. The van der Waals surface area contributed by atoms with Crippen LogP contribution >= 0.6 is 0 Å². The van der Waals surface area contributed by atoms with Gasteiger partial charge in [0.25, 0.3) is 5.91 Å². The van der Waals surface area contributed by atoms with Crippen molar-refractivity contribution in [1.82, 2.24) is 20.9 Å². The van der Waals surface area contributed by atoms with Crippen molar-refractivity contribution in [3.8, 4) is 5.75 Å². The van der Waals surface area contributed by atoms with Crippen LogP contribution in [0.25, 0.3) is 0 Å². The monoisotopic (exact) mass is 689 g/mol. The molecular weight excluding hydrogens is 638 g/mol. The van der Waals surface area contributed by atoms with Crippen molar-refractivity contribution >= 4 is 35.3 Å². The minimum atomic E-state index is -1.12. The van der Waals surface area contributed by atoms with Gasteiger partial charge in [-0.2, -0.15) is 0 Å². The van der Waals surface area contributed by atoms with Gasteiger partial charge in [0.1, 0.15) is 24.4 Å². The summed E-state index contributed by atoms with van der Waals surface area (Å²) in [5, 5.41) is 8.32. The van der Waals surface area contributed by atoms with Crippen LogP contribution in [0.2, 0.25) is 0 Å². The molecule has 0 bridgehead atoms. The average molecular weight is 690 g/mol. The number of benzene rings is 2. The van der Waals surface area contributed by atoms with Gasteiger partial charge < -0.3 is 31.3 Å². The van der Waals surface area contributed by atoms with Crippen LogP contribution in [-0.4, -0.2) is 70.9 Å². The van der Waals surface area contributed by atoms with Crippen LogP contribution in [0.15, 0.2) is 54.6 Å². The molecule has 2 aromatic carbocycles. The number of hydrogen-bond donors (Lipinski definition) is 4. The third-order valence-electron chi connectivity index (χ3n) is 9.54. The smallest absolute Gasteiger partial charge is 0.316 e. The lowest BCUT2D eigenvalue weighted by atomic mass is 9.85. The average Bonchev–Trinajstić information content (AvgIpc) is 3.77. The minimum Gasteiger partial charge on any atom is -0.488 e. The van der Waals surface area contributed by atoms with Crippen molar-refractivity contribution in [2.24, 2.45) is 23.0 Å². The highest BCUT2D eigenvalue weighted by molar-refractivity contribution is 6.37. The maximum atomic E-state index is 14.1. The Labute approximate surface area is 294 Å². The molecule has 5 unspecified atom stereocenters. The first-order valence-corrected chi connectivity index (χ1v) is 17.5. The second kappa shape index (κ2) is 16.8. The van der Waals surface area contributed by atoms with Crippen molar-refractivity contribution in [2.75, 3.05) is 6.54 Å². The maximum Gasteiger partial charge on any atom is 0.316 e. The predicted molar refractivity (Wildman–Crippen MR) is 188 cm³/mol. The van der Waals surface area contributed by atoms with E-state index in [1.54, 1.807) is 45.0 Å². The number of likely N-dealkylation sites (tertiary alicyclic amines) is 1. The Morgan fingerprint density at radius 1 is 0.920 bits per heavy atom. The highest BCUT2D eigenvalue weighted by Crippen LogP contribution is 2.34. The summed E-state index contributed by atoms with van der Waals surface area (Å²) in [5.74, 6) is -2.91. The number of nitrogens with two attached hydrogens (primary N) is 1. The van der Waals surface area contributed by atoms with Gasteiger partial charge in [0, 0.05) is 6.54 Å². The summed E-state index contributed by atoms with van der Waals surface area (Å²) < 4.78 is 6.04. The van der Waals surface area contributed by atoms with Crippen molar-refractivity contribution in [2.45, 2.75) is 104 Å². The summed E-state index contributed by atoms with van der Waals surface area (Å²) in [6.45, 7) is 9.74. The molecular formula is C38H51N5O7. The number of Topliss-reactive ketones (excluding diaryl/α,β-unsaturated/α-hetero) is 2. The van der Waals surface area contributed by atoms with E-state index in [2.05, 4.69) is 16.0 Å². The Morgan fingerprint density at radius 3 is 2.20 bits per heavy atom. The maximum absolute atomic E-state index is 14.1. The van der Waals surface area contributed by atoms with E-state index in [0.717, 1.165) is 18.4 Å². The summed E-state index contributed by atoms with van der Waals surface area (Å²) in [7, 11) is 0. The lowest BCUT2D eigenvalue weighted by Crippen LogP contribution is -2.61. The lowest BCUT2D eigenvalue weighted by Gasteiger charge is -2.36. The van der Waals surface area contributed by atoms with Crippen LogP contribution < -0.4 is 26.4 Å². The van der Waals surface area contributed by atoms with Crippen molar-refractivity contribution < 1.29 is 33.5 Å².